The van der Waals surface area contributed by atoms with Gasteiger partial charge in [0.2, 0.25) is 0 Å². The van der Waals surface area contributed by atoms with Crippen molar-refractivity contribution in [1.82, 2.24) is 0 Å². The molecule has 2 aromatic carbocycles. The van der Waals surface area contributed by atoms with Gasteiger partial charge in [-0.25, -0.2) is 0 Å². The van der Waals surface area contributed by atoms with Gasteiger partial charge in [-0.1, -0.05) is 68.5 Å². The highest BCUT2D eigenvalue weighted by Crippen LogP contribution is 2.27. The summed E-state index contributed by atoms with van der Waals surface area (Å²) < 4.78 is 5.84. The van der Waals surface area contributed by atoms with Crippen LogP contribution in [0.5, 0.6) is 5.75 Å². The number of hydrogen-bond acceptors (Lipinski definition) is 1. The topological polar surface area (TPSA) is 9.23 Å². The third-order valence-electron chi connectivity index (χ3n) is 3.15. The summed E-state index contributed by atoms with van der Waals surface area (Å²) in [5, 5.41) is 2.35. The first-order valence-corrected chi connectivity index (χ1v) is 7.63. The Balaban J connectivity index is 0.000000491. The first-order chi connectivity index (χ1) is 10.2. The second-order valence-electron chi connectivity index (χ2n) is 4.89. The molecule has 0 aliphatic carbocycles. The van der Waals surface area contributed by atoms with Crippen LogP contribution in [0.25, 0.3) is 10.8 Å². The Hall–Kier alpha value is -2.02. The van der Waals surface area contributed by atoms with Crippen molar-refractivity contribution < 1.29 is 4.74 Å². The van der Waals surface area contributed by atoms with Crippen molar-refractivity contribution in [3.63, 3.8) is 0 Å². The lowest BCUT2D eigenvalue weighted by atomic mass is 10.1. The highest BCUT2D eigenvalue weighted by atomic mass is 16.5. The summed E-state index contributed by atoms with van der Waals surface area (Å²) in [6.45, 7) is 10.1. The molecule has 0 saturated carbocycles. The van der Waals surface area contributed by atoms with E-state index < -0.39 is 0 Å². The van der Waals surface area contributed by atoms with Crippen LogP contribution in [0.4, 0.5) is 0 Å². The molecule has 0 aliphatic rings. The Kier molecular flexibility index (Phi) is 7.96. The molecule has 0 N–H and O–H groups in total. The monoisotopic (exact) mass is 282 g/mol. The Morgan fingerprint density at radius 1 is 1.05 bits per heavy atom. The lowest BCUT2D eigenvalue weighted by Gasteiger charge is -2.10. The van der Waals surface area contributed by atoms with Crippen LogP contribution in [0.3, 0.4) is 0 Å². The number of fused-ring (bicyclic) bond motifs is 1. The Labute approximate surface area is 129 Å². The van der Waals surface area contributed by atoms with Gasteiger partial charge in [0.15, 0.2) is 0 Å². The Morgan fingerprint density at radius 2 is 1.71 bits per heavy atom. The SMILES string of the molecule is C/C=C/C.C=C(CCCC)Oc1cccc2ccccc12. The molecule has 112 valence electrons. The standard InChI is InChI=1S/C16H18O.C4H8/c1-3-4-8-13(2)17-16-12-7-10-14-9-5-6-11-15(14)16;1-3-4-2/h5-7,9-12H,2-4,8H2,1H3;3-4H,1-2H3/b;4-3+. The van der Waals surface area contributed by atoms with Crippen LogP contribution in [-0.2, 0) is 0 Å². The van der Waals surface area contributed by atoms with Gasteiger partial charge in [-0.15, -0.1) is 0 Å². The van der Waals surface area contributed by atoms with Crippen LogP contribution in [0.1, 0.15) is 40.0 Å². The zero-order valence-corrected chi connectivity index (χ0v) is 13.4. The maximum atomic E-state index is 5.84. The fourth-order valence-electron chi connectivity index (χ4n) is 1.87. The number of unbranched alkanes of at least 4 members (excludes halogenated alkanes) is 1. The van der Waals surface area contributed by atoms with E-state index >= 15 is 0 Å². The van der Waals surface area contributed by atoms with Crippen molar-refractivity contribution in [2.24, 2.45) is 0 Å². The zero-order valence-electron chi connectivity index (χ0n) is 13.4. The fourth-order valence-corrected chi connectivity index (χ4v) is 1.87. The molecule has 0 spiro atoms. The van der Waals surface area contributed by atoms with E-state index in [0.717, 1.165) is 36.2 Å². The molecular formula is C20H26O. The predicted molar refractivity (Wildman–Crippen MR) is 93.7 cm³/mol. The Morgan fingerprint density at radius 3 is 2.38 bits per heavy atom. The lowest BCUT2D eigenvalue weighted by molar-refractivity contribution is 0.405. The van der Waals surface area contributed by atoms with Gasteiger partial charge in [-0.05, 0) is 31.7 Å². The Bertz CT molecular complexity index is 572. The maximum Gasteiger partial charge on any atom is 0.134 e. The van der Waals surface area contributed by atoms with Crippen LogP contribution in [0.2, 0.25) is 0 Å². The van der Waals surface area contributed by atoms with E-state index in [1.54, 1.807) is 0 Å². The number of benzene rings is 2. The quantitative estimate of drug-likeness (QED) is 0.449. The van der Waals surface area contributed by atoms with Gasteiger partial charge in [0, 0.05) is 11.8 Å². The summed E-state index contributed by atoms with van der Waals surface area (Å²) in [5.74, 6) is 1.76. The largest absolute Gasteiger partial charge is 0.462 e. The van der Waals surface area contributed by atoms with Crippen molar-refractivity contribution in [3.8, 4) is 5.75 Å². The van der Waals surface area contributed by atoms with Crippen LogP contribution in [-0.4, -0.2) is 0 Å². The van der Waals surface area contributed by atoms with E-state index in [1.807, 2.05) is 50.3 Å². The molecule has 1 nitrogen and oxygen atoms in total. The molecule has 21 heavy (non-hydrogen) atoms. The van der Waals surface area contributed by atoms with Gasteiger partial charge in [0.25, 0.3) is 0 Å². The summed E-state index contributed by atoms with van der Waals surface area (Å²) in [6.07, 6.45) is 7.22. The van der Waals surface area contributed by atoms with E-state index in [2.05, 4.69) is 31.7 Å². The molecule has 0 radical (unpaired) electrons. The first-order valence-electron chi connectivity index (χ1n) is 7.63. The minimum atomic E-state index is 0.850. The minimum absolute atomic E-state index is 0.850. The average molecular weight is 282 g/mol. The fraction of sp³-hybridized carbons (Fsp3) is 0.300. The van der Waals surface area contributed by atoms with Gasteiger partial charge in [0.05, 0.1) is 5.76 Å². The van der Waals surface area contributed by atoms with Crippen molar-refractivity contribution in [2.75, 3.05) is 0 Å². The van der Waals surface area contributed by atoms with Gasteiger partial charge in [-0.2, -0.15) is 0 Å². The highest BCUT2D eigenvalue weighted by Gasteiger charge is 2.03. The molecule has 0 saturated heterocycles. The molecule has 2 aromatic rings. The van der Waals surface area contributed by atoms with E-state index in [9.17, 15) is 0 Å². The van der Waals surface area contributed by atoms with Gasteiger partial charge < -0.3 is 4.74 Å². The third kappa shape index (κ3) is 5.86. The van der Waals surface area contributed by atoms with Gasteiger partial charge in [0.1, 0.15) is 5.75 Å². The smallest absolute Gasteiger partial charge is 0.134 e. The first kappa shape index (κ1) is 17.0. The summed E-state index contributed by atoms with van der Waals surface area (Å²) in [5.41, 5.74) is 0. The number of ether oxygens (including phenoxy) is 1. The molecule has 1 heteroatoms. The van der Waals surface area contributed by atoms with Gasteiger partial charge >= 0.3 is 0 Å². The molecule has 0 fully saturated rings. The van der Waals surface area contributed by atoms with E-state index in [1.165, 1.54) is 5.39 Å². The maximum absolute atomic E-state index is 5.84. The number of allylic oxidation sites excluding steroid dienone is 3. The summed E-state index contributed by atoms with van der Waals surface area (Å²) in [6, 6.07) is 14.4. The summed E-state index contributed by atoms with van der Waals surface area (Å²) >= 11 is 0. The van der Waals surface area contributed by atoms with Crippen molar-refractivity contribution >= 4 is 10.8 Å². The van der Waals surface area contributed by atoms with Crippen LogP contribution in [0.15, 0.2) is 67.0 Å². The molecule has 0 bridgehead atoms. The lowest BCUT2D eigenvalue weighted by Crippen LogP contribution is -1.94. The van der Waals surface area contributed by atoms with Crippen LogP contribution in [0, 0.1) is 0 Å². The molecular weight excluding hydrogens is 256 g/mol. The van der Waals surface area contributed by atoms with Crippen LogP contribution < -0.4 is 4.74 Å². The predicted octanol–water partition coefficient (Wildman–Crippen LogP) is 6.50. The molecule has 0 atom stereocenters. The molecule has 0 amide bonds. The van der Waals surface area contributed by atoms with Crippen molar-refractivity contribution in [1.29, 1.82) is 0 Å². The molecule has 2 rings (SSSR count). The summed E-state index contributed by atoms with van der Waals surface area (Å²) in [7, 11) is 0. The molecule has 0 heterocycles. The third-order valence-corrected chi connectivity index (χ3v) is 3.15. The number of rotatable bonds is 5. The second kappa shape index (κ2) is 9.82. The second-order valence-corrected chi connectivity index (χ2v) is 4.89. The van der Waals surface area contributed by atoms with Crippen molar-refractivity contribution in [2.45, 2.75) is 40.0 Å². The average Bonchev–Trinajstić information content (AvgIpc) is 2.53. The zero-order chi connectivity index (χ0) is 15.5. The van der Waals surface area contributed by atoms with E-state index in [-0.39, 0.29) is 0 Å². The molecule has 0 aliphatic heterocycles. The highest BCUT2D eigenvalue weighted by molar-refractivity contribution is 5.88. The van der Waals surface area contributed by atoms with E-state index in [4.69, 9.17) is 4.74 Å². The molecule has 0 unspecified atom stereocenters. The van der Waals surface area contributed by atoms with Crippen molar-refractivity contribution in [3.05, 3.63) is 67.0 Å². The summed E-state index contributed by atoms with van der Waals surface area (Å²) in [4.78, 5) is 0. The normalized spacial score (nSPS) is 10.2. The van der Waals surface area contributed by atoms with Crippen LogP contribution >= 0.6 is 0 Å². The minimum Gasteiger partial charge on any atom is -0.462 e. The van der Waals surface area contributed by atoms with Gasteiger partial charge in [-0.3, -0.25) is 0 Å². The molecule has 0 aromatic heterocycles. The number of hydrogen-bond donors (Lipinski definition) is 0. The van der Waals surface area contributed by atoms with E-state index in [0.29, 0.717) is 0 Å².